The van der Waals surface area contributed by atoms with E-state index in [2.05, 4.69) is 35.5 Å². The molecule has 0 bridgehead atoms. The van der Waals surface area contributed by atoms with Crippen LogP contribution in [0.1, 0.15) is 24.5 Å². The molecule has 1 N–H and O–H groups in total. The summed E-state index contributed by atoms with van der Waals surface area (Å²) in [5.41, 5.74) is 4.74. The molecule has 2 aromatic carbocycles. The molecule has 4 rings (SSSR count). The lowest BCUT2D eigenvalue weighted by atomic mass is 9.99. The summed E-state index contributed by atoms with van der Waals surface area (Å²) < 4.78 is 5.92. The Kier molecular flexibility index (Phi) is 4.48. The van der Waals surface area contributed by atoms with Crippen molar-refractivity contribution < 1.29 is 9.53 Å². The fourth-order valence-corrected chi connectivity index (χ4v) is 3.40. The van der Waals surface area contributed by atoms with Gasteiger partial charge in [0.05, 0.1) is 0 Å². The van der Waals surface area contributed by atoms with E-state index >= 15 is 0 Å². The van der Waals surface area contributed by atoms with E-state index in [0.29, 0.717) is 13.2 Å². The molecular formula is C22H22N2O2. The Morgan fingerprint density at radius 2 is 2.04 bits per heavy atom. The van der Waals surface area contributed by atoms with E-state index in [0.717, 1.165) is 29.8 Å². The Morgan fingerprint density at radius 1 is 1.19 bits per heavy atom. The molecular weight excluding hydrogens is 324 g/mol. The number of amides is 1. The SMILES string of the molecule is CC(=O)N1CC=C(c2c[nH]c3cc(OCc4ccccc4)ccc23)CC1. The molecule has 0 aliphatic carbocycles. The van der Waals surface area contributed by atoms with Crippen LogP contribution in [-0.2, 0) is 11.4 Å². The van der Waals surface area contributed by atoms with E-state index < -0.39 is 0 Å². The van der Waals surface area contributed by atoms with Crippen molar-refractivity contribution in [2.75, 3.05) is 13.1 Å². The van der Waals surface area contributed by atoms with Gasteiger partial charge in [0.25, 0.3) is 0 Å². The highest BCUT2D eigenvalue weighted by Crippen LogP contribution is 2.31. The minimum Gasteiger partial charge on any atom is -0.489 e. The van der Waals surface area contributed by atoms with Crippen molar-refractivity contribution in [2.45, 2.75) is 20.0 Å². The molecule has 1 amide bonds. The van der Waals surface area contributed by atoms with Gasteiger partial charge >= 0.3 is 0 Å². The maximum absolute atomic E-state index is 11.5. The van der Waals surface area contributed by atoms with Crippen molar-refractivity contribution in [3.05, 3.63) is 71.9 Å². The van der Waals surface area contributed by atoms with Gasteiger partial charge in [0.2, 0.25) is 5.91 Å². The molecule has 26 heavy (non-hydrogen) atoms. The fourth-order valence-electron chi connectivity index (χ4n) is 3.40. The van der Waals surface area contributed by atoms with Gasteiger partial charge in [-0.1, -0.05) is 36.4 Å². The maximum atomic E-state index is 11.5. The highest BCUT2D eigenvalue weighted by atomic mass is 16.5. The number of carbonyl (C=O) groups is 1. The molecule has 0 saturated carbocycles. The van der Waals surface area contributed by atoms with Crippen LogP contribution in [-0.4, -0.2) is 28.9 Å². The molecule has 0 radical (unpaired) electrons. The zero-order valence-corrected chi connectivity index (χ0v) is 14.9. The van der Waals surface area contributed by atoms with Crippen LogP contribution < -0.4 is 4.74 Å². The Balaban J connectivity index is 1.52. The number of hydrogen-bond donors (Lipinski definition) is 1. The van der Waals surface area contributed by atoms with Crippen molar-refractivity contribution >= 4 is 22.4 Å². The molecule has 1 aliphatic rings. The minimum absolute atomic E-state index is 0.138. The van der Waals surface area contributed by atoms with Crippen LogP contribution >= 0.6 is 0 Å². The number of fused-ring (bicyclic) bond motifs is 1. The molecule has 4 nitrogen and oxygen atoms in total. The summed E-state index contributed by atoms with van der Waals surface area (Å²) in [6.45, 7) is 3.66. The second kappa shape index (κ2) is 7.08. The Hall–Kier alpha value is -3.01. The number of aromatic amines is 1. The van der Waals surface area contributed by atoms with E-state index in [4.69, 9.17) is 4.74 Å². The summed E-state index contributed by atoms with van der Waals surface area (Å²) in [4.78, 5) is 16.7. The van der Waals surface area contributed by atoms with Crippen LogP contribution in [0.2, 0.25) is 0 Å². The number of rotatable bonds is 4. The highest BCUT2D eigenvalue weighted by Gasteiger charge is 2.17. The Bertz CT molecular complexity index is 957. The van der Waals surface area contributed by atoms with E-state index in [9.17, 15) is 4.79 Å². The molecule has 132 valence electrons. The largest absolute Gasteiger partial charge is 0.489 e. The molecule has 3 aromatic rings. The number of aromatic nitrogens is 1. The second-order valence-corrected chi connectivity index (χ2v) is 6.63. The van der Waals surface area contributed by atoms with Crippen LogP contribution in [0.15, 0.2) is 60.8 Å². The molecule has 0 atom stereocenters. The van der Waals surface area contributed by atoms with Gasteiger partial charge < -0.3 is 14.6 Å². The third-order valence-electron chi connectivity index (χ3n) is 4.90. The number of hydrogen-bond acceptors (Lipinski definition) is 2. The predicted octanol–water partition coefficient (Wildman–Crippen LogP) is 4.38. The summed E-state index contributed by atoms with van der Waals surface area (Å²) in [5, 5.41) is 1.19. The maximum Gasteiger partial charge on any atom is 0.219 e. The minimum atomic E-state index is 0.138. The summed E-state index contributed by atoms with van der Waals surface area (Å²) in [6.07, 6.45) is 5.10. The van der Waals surface area contributed by atoms with Crippen LogP contribution in [0.3, 0.4) is 0 Å². The third-order valence-corrected chi connectivity index (χ3v) is 4.90. The summed E-state index contributed by atoms with van der Waals surface area (Å²) in [5.74, 6) is 0.995. The molecule has 1 aromatic heterocycles. The predicted molar refractivity (Wildman–Crippen MR) is 104 cm³/mol. The van der Waals surface area contributed by atoms with Gasteiger partial charge in [-0.3, -0.25) is 4.79 Å². The van der Waals surface area contributed by atoms with Crippen LogP contribution in [0.25, 0.3) is 16.5 Å². The first-order valence-corrected chi connectivity index (χ1v) is 8.93. The molecule has 1 aliphatic heterocycles. The number of ether oxygens (including phenoxy) is 1. The van der Waals surface area contributed by atoms with Gasteiger partial charge in [0, 0.05) is 48.7 Å². The highest BCUT2D eigenvalue weighted by molar-refractivity contribution is 5.93. The second-order valence-electron chi connectivity index (χ2n) is 6.63. The molecule has 0 unspecified atom stereocenters. The quantitative estimate of drug-likeness (QED) is 0.762. The normalized spacial score (nSPS) is 14.3. The molecule has 0 spiro atoms. The fraction of sp³-hybridized carbons (Fsp3) is 0.227. The topological polar surface area (TPSA) is 45.3 Å². The monoisotopic (exact) mass is 346 g/mol. The van der Waals surface area contributed by atoms with Crippen molar-refractivity contribution in [1.29, 1.82) is 0 Å². The van der Waals surface area contributed by atoms with Gasteiger partial charge in [0.15, 0.2) is 0 Å². The number of benzene rings is 2. The van der Waals surface area contributed by atoms with Crippen molar-refractivity contribution in [3.8, 4) is 5.75 Å². The lowest BCUT2D eigenvalue weighted by Crippen LogP contribution is -2.32. The molecule has 4 heteroatoms. The van der Waals surface area contributed by atoms with Gasteiger partial charge in [-0.25, -0.2) is 0 Å². The first-order valence-electron chi connectivity index (χ1n) is 8.93. The van der Waals surface area contributed by atoms with E-state index in [1.54, 1.807) is 6.92 Å². The number of H-pyrrole nitrogens is 1. The summed E-state index contributed by atoms with van der Waals surface area (Å²) in [7, 11) is 0. The van der Waals surface area contributed by atoms with Crippen molar-refractivity contribution in [1.82, 2.24) is 9.88 Å². The molecule has 0 fully saturated rings. The van der Waals surface area contributed by atoms with Gasteiger partial charge in [-0.2, -0.15) is 0 Å². The smallest absolute Gasteiger partial charge is 0.219 e. The lowest BCUT2D eigenvalue weighted by Gasteiger charge is -2.25. The zero-order valence-electron chi connectivity index (χ0n) is 14.9. The average Bonchev–Trinajstić information content (AvgIpc) is 3.10. The van der Waals surface area contributed by atoms with Crippen LogP contribution in [0.4, 0.5) is 0 Å². The Morgan fingerprint density at radius 3 is 2.77 bits per heavy atom. The summed E-state index contributed by atoms with van der Waals surface area (Å²) in [6, 6.07) is 16.3. The van der Waals surface area contributed by atoms with Gasteiger partial charge in [0.1, 0.15) is 12.4 Å². The standard InChI is InChI=1S/C22H22N2O2/c1-16(25)24-11-9-18(10-12-24)21-14-23-22-13-19(7-8-20(21)22)26-15-17-5-3-2-4-6-17/h2-9,13-14,23H,10-12,15H2,1H3. The molecule has 2 heterocycles. The van der Waals surface area contributed by atoms with E-state index in [1.807, 2.05) is 35.2 Å². The van der Waals surface area contributed by atoms with Crippen molar-refractivity contribution in [2.24, 2.45) is 0 Å². The number of carbonyl (C=O) groups excluding carboxylic acids is 1. The molecule has 0 saturated heterocycles. The lowest BCUT2D eigenvalue weighted by molar-refractivity contribution is -0.128. The van der Waals surface area contributed by atoms with Crippen LogP contribution in [0.5, 0.6) is 5.75 Å². The average molecular weight is 346 g/mol. The Labute approximate surface area is 153 Å². The third kappa shape index (κ3) is 3.36. The van der Waals surface area contributed by atoms with E-state index in [1.165, 1.54) is 16.5 Å². The summed E-state index contributed by atoms with van der Waals surface area (Å²) >= 11 is 0. The van der Waals surface area contributed by atoms with Gasteiger partial charge in [-0.15, -0.1) is 0 Å². The first-order chi connectivity index (χ1) is 12.7. The van der Waals surface area contributed by atoms with Gasteiger partial charge in [-0.05, 0) is 29.7 Å². The first kappa shape index (κ1) is 16.5. The van der Waals surface area contributed by atoms with Crippen LogP contribution in [0, 0.1) is 0 Å². The number of nitrogens with zero attached hydrogens (tertiary/aromatic N) is 1. The van der Waals surface area contributed by atoms with Crippen molar-refractivity contribution in [3.63, 3.8) is 0 Å². The van der Waals surface area contributed by atoms with E-state index in [-0.39, 0.29) is 5.91 Å². The number of nitrogens with one attached hydrogen (secondary N) is 1. The zero-order chi connectivity index (χ0) is 17.9.